The molecule has 0 bridgehead atoms. The molecule has 0 fully saturated rings. The minimum absolute atomic E-state index is 0.145. The molecule has 0 amide bonds. The molecule has 1 aliphatic heterocycles. The number of rotatable bonds is 2. The Morgan fingerprint density at radius 3 is 2.05 bits per heavy atom. The van der Waals surface area contributed by atoms with Crippen LogP contribution in [0.4, 0.5) is 0 Å². The topological polar surface area (TPSA) is 0 Å². The number of benzene rings is 5. The molecule has 0 nitrogen and oxygen atoms in total. The van der Waals surface area contributed by atoms with E-state index in [1.54, 1.807) is 0 Å². The second-order valence-electron chi connectivity index (χ2n) is 11.9. The minimum atomic E-state index is -0.826. The van der Waals surface area contributed by atoms with Crippen molar-refractivity contribution in [2.75, 3.05) is 0 Å². The molecule has 1 aliphatic rings. The molecule has 1 heterocycles. The number of hydrogen-bond acceptors (Lipinski definition) is 0. The van der Waals surface area contributed by atoms with E-state index < -0.39 is 20.8 Å². The standard InChI is InChI=1S/C27H27.C12H7Si.2ClH.Zr/c1-18-13-19(2)15-22(14-18)26-24(20-9-7-6-8-10-20)12-11-21-16-23(17-25(21)26)27(3,4)5;1-3-7-11-9(5-1)10-6-2-4-8-12(10)13-11;;;/h6-17H,1-5H3;1-7H;2*1H;/q2*-1;;;+4/p-2. The first-order valence-electron chi connectivity index (χ1n) is 14.4. The van der Waals surface area contributed by atoms with Gasteiger partial charge in [-0.1, -0.05) is 127 Å². The van der Waals surface area contributed by atoms with E-state index in [0.29, 0.717) is 0 Å². The Morgan fingerprint density at radius 1 is 0.698 bits per heavy atom. The van der Waals surface area contributed by atoms with Crippen molar-refractivity contribution in [2.45, 2.75) is 40.0 Å². The number of aryl methyl sites for hydroxylation is 2. The van der Waals surface area contributed by atoms with Gasteiger partial charge in [0, 0.05) is 0 Å². The fraction of sp³-hybridized carbons (Fsp3) is 0.154. The predicted octanol–water partition coefficient (Wildman–Crippen LogP) is 10.3. The Bertz CT molecular complexity index is 1780. The van der Waals surface area contributed by atoms with Gasteiger partial charge in [-0.2, -0.15) is 35.5 Å². The van der Waals surface area contributed by atoms with Crippen LogP contribution in [0.25, 0.3) is 44.2 Å². The van der Waals surface area contributed by atoms with Gasteiger partial charge in [0.25, 0.3) is 0 Å². The van der Waals surface area contributed by atoms with E-state index in [4.69, 9.17) is 17.0 Å². The van der Waals surface area contributed by atoms with Crippen molar-refractivity contribution in [3.63, 3.8) is 0 Å². The molecule has 0 atom stereocenters. The summed E-state index contributed by atoms with van der Waals surface area (Å²) in [5, 5.41) is 5.50. The van der Waals surface area contributed by atoms with Crippen LogP contribution in [0.3, 0.4) is 0 Å². The van der Waals surface area contributed by atoms with Crippen LogP contribution >= 0.6 is 17.0 Å². The monoisotopic (exact) mass is 690 g/mol. The maximum absolute atomic E-state index is 4.93. The first-order valence-corrected chi connectivity index (χ1v) is 21.7. The third kappa shape index (κ3) is 7.38. The van der Waals surface area contributed by atoms with Crippen LogP contribution < -0.4 is 10.4 Å². The third-order valence-electron chi connectivity index (χ3n) is 7.68. The Balaban J connectivity index is 0.000000190. The van der Waals surface area contributed by atoms with Crippen molar-refractivity contribution in [2.24, 2.45) is 0 Å². The molecule has 0 unspecified atom stereocenters. The summed E-state index contributed by atoms with van der Waals surface area (Å²) >= 11 is -0.826. The number of halogens is 2. The van der Waals surface area contributed by atoms with Crippen LogP contribution in [-0.4, -0.2) is 9.52 Å². The van der Waals surface area contributed by atoms with Gasteiger partial charge in [-0.25, -0.2) is 0 Å². The van der Waals surface area contributed by atoms with Crippen molar-refractivity contribution in [1.82, 2.24) is 0 Å². The molecule has 6 aromatic carbocycles. The fourth-order valence-corrected chi connectivity index (χ4v) is 7.04. The summed E-state index contributed by atoms with van der Waals surface area (Å²) in [7, 11) is 10.7. The zero-order valence-electron chi connectivity index (χ0n) is 25.2. The normalized spacial score (nSPS) is 11.4. The van der Waals surface area contributed by atoms with Crippen LogP contribution in [0.1, 0.15) is 37.5 Å². The second kappa shape index (κ2) is 14.0. The molecular weight excluding hydrogens is 659 g/mol. The van der Waals surface area contributed by atoms with Crippen molar-refractivity contribution in [1.29, 1.82) is 0 Å². The van der Waals surface area contributed by atoms with E-state index in [1.165, 1.54) is 71.2 Å². The van der Waals surface area contributed by atoms with Crippen molar-refractivity contribution in [3.05, 3.63) is 138 Å². The van der Waals surface area contributed by atoms with E-state index in [1.807, 2.05) is 6.07 Å². The Kier molecular flexibility index (Phi) is 10.4. The molecule has 0 saturated heterocycles. The zero-order valence-corrected chi connectivity index (χ0v) is 30.2. The predicted molar refractivity (Wildman–Crippen MR) is 186 cm³/mol. The molecule has 212 valence electrons. The van der Waals surface area contributed by atoms with E-state index in [-0.39, 0.29) is 5.41 Å². The minimum Gasteiger partial charge on any atom is -0.184 e. The Morgan fingerprint density at radius 2 is 1.35 bits per heavy atom. The molecule has 0 N–H and O–H groups in total. The first kappa shape index (κ1) is 31.8. The Hall–Kier alpha value is -2.61. The maximum atomic E-state index is 4.93. The summed E-state index contributed by atoms with van der Waals surface area (Å²) in [6.45, 7) is 11.2. The van der Waals surface area contributed by atoms with Gasteiger partial charge in [-0.15, -0.1) is 34.0 Å². The molecular formula is C39H34Cl2SiZr. The summed E-state index contributed by atoms with van der Waals surface area (Å²) in [5.74, 6) is 0. The average molecular weight is 693 g/mol. The van der Waals surface area contributed by atoms with Crippen LogP contribution in [-0.2, 0) is 26.3 Å². The Labute approximate surface area is 278 Å². The van der Waals surface area contributed by atoms with Gasteiger partial charge < -0.3 is 0 Å². The van der Waals surface area contributed by atoms with Gasteiger partial charge in [0.2, 0.25) is 0 Å². The van der Waals surface area contributed by atoms with Gasteiger partial charge in [0.05, 0.1) is 9.52 Å². The van der Waals surface area contributed by atoms with Crippen LogP contribution in [0.15, 0.2) is 115 Å². The van der Waals surface area contributed by atoms with E-state index in [2.05, 4.69) is 150 Å². The summed E-state index contributed by atoms with van der Waals surface area (Å²) < 4.78 is 0. The van der Waals surface area contributed by atoms with Gasteiger partial charge in [0.15, 0.2) is 0 Å². The molecule has 7 rings (SSSR count). The molecule has 2 radical (unpaired) electrons. The summed E-state index contributed by atoms with van der Waals surface area (Å²) in [6.07, 6.45) is 0. The average Bonchev–Trinajstić information content (AvgIpc) is 3.60. The van der Waals surface area contributed by atoms with Gasteiger partial charge in [-0.3, -0.25) is 0 Å². The molecule has 6 aromatic rings. The van der Waals surface area contributed by atoms with Crippen LogP contribution in [0, 0.1) is 19.9 Å². The molecule has 0 saturated carbocycles. The SMILES string of the molecule is Cc1cc(C)cc(-c2c(-c3ccccc3)ccc3[cH-]c(C(C)(C)C)cc23)c1.[Cl][Zr+2][Cl].[c-]1cccc2c1[Si]c1ccccc1-2. The molecule has 0 spiro atoms. The molecule has 4 heteroatoms. The third-order valence-corrected chi connectivity index (χ3v) is 9.05. The van der Waals surface area contributed by atoms with E-state index in [9.17, 15) is 0 Å². The van der Waals surface area contributed by atoms with E-state index in [0.717, 1.165) is 9.52 Å². The maximum Gasteiger partial charge on any atom is 0.0920 e. The summed E-state index contributed by atoms with van der Waals surface area (Å²) in [6, 6.07) is 45.1. The van der Waals surface area contributed by atoms with Crippen LogP contribution in [0.5, 0.6) is 0 Å². The second-order valence-corrected chi connectivity index (χ2v) is 16.9. The van der Waals surface area contributed by atoms with Crippen molar-refractivity contribution < 1.29 is 20.8 Å². The van der Waals surface area contributed by atoms with Gasteiger partial charge in [-0.05, 0) is 36.0 Å². The zero-order chi connectivity index (χ0) is 30.6. The smallest absolute Gasteiger partial charge is 0.0920 e. The number of fused-ring (bicyclic) bond motifs is 4. The summed E-state index contributed by atoms with van der Waals surface area (Å²) in [5.41, 5.74) is 12.2. The summed E-state index contributed by atoms with van der Waals surface area (Å²) in [4.78, 5) is 0. The quantitative estimate of drug-likeness (QED) is 0.125. The molecule has 43 heavy (non-hydrogen) atoms. The first-order chi connectivity index (χ1) is 20.7. The van der Waals surface area contributed by atoms with Gasteiger partial charge in [0.1, 0.15) is 0 Å². The van der Waals surface area contributed by atoms with Crippen molar-refractivity contribution in [3.8, 4) is 33.4 Å². The molecule has 0 aliphatic carbocycles. The van der Waals surface area contributed by atoms with Crippen molar-refractivity contribution >= 4 is 47.7 Å². The molecule has 0 aromatic heterocycles. The fourth-order valence-electron chi connectivity index (χ4n) is 5.73. The number of hydrogen-bond donors (Lipinski definition) is 0. The van der Waals surface area contributed by atoms with Crippen LogP contribution in [0.2, 0.25) is 0 Å². The largest absolute Gasteiger partial charge is 0.184 e. The van der Waals surface area contributed by atoms with E-state index >= 15 is 0 Å². The van der Waals surface area contributed by atoms with Gasteiger partial charge >= 0.3 is 37.9 Å².